The van der Waals surface area contributed by atoms with E-state index in [0.29, 0.717) is 23.8 Å². The van der Waals surface area contributed by atoms with Crippen LogP contribution in [0.25, 0.3) is 21.5 Å². The molecule has 39 heavy (non-hydrogen) atoms. The molecule has 10 heteroatoms. The van der Waals surface area contributed by atoms with Crippen LogP contribution in [0, 0.1) is 0 Å². The molecule has 5 rings (SSSR count). The third kappa shape index (κ3) is 6.47. The van der Waals surface area contributed by atoms with Gasteiger partial charge in [0.15, 0.2) is 17.1 Å². The van der Waals surface area contributed by atoms with Gasteiger partial charge in [0.2, 0.25) is 5.75 Å². The molecule has 2 aromatic carbocycles. The van der Waals surface area contributed by atoms with E-state index in [4.69, 9.17) is 23.5 Å². The van der Waals surface area contributed by atoms with E-state index < -0.39 is 6.10 Å². The first-order chi connectivity index (χ1) is 19.1. The molecular formula is C29H35N3O6S. The third-order valence-electron chi connectivity index (χ3n) is 7.02. The van der Waals surface area contributed by atoms with E-state index in [2.05, 4.69) is 15.0 Å². The average Bonchev–Trinajstić information content (AvgIpc) is 3.60. The summed E-state index contributed by atoms with van der Waals surface area (Å²) in [4.78, 5) is 4.74. The van der Waals surface area contributed by atoms with Crippen molar-refractivity contribution in [3.8, 4) is 34.3 Å². The highest BCUT2D eigenvalue weighted by Gasteiger charge is 2.20. The number of piperazine rings is 1. The molecule has 3 heterocycles. The molecule has 0 spiro atoms. The smallest absolute Gasteiger partial charge is 0.203 e. The van der Waals surface area contributed by atoms with Gasteiger partial charge in [0.05, 0.1) is 21.3 Å². The molecule has 0 saturated carbocycles. The maximum absolute atomic E-state index is 10.6. The third-order valence-corrected chi connectivity index (χ3v) is 7.93. The normalized spacial score (nSPS) is 15.4. The maximum atomic E-state index is 10.6. The molecule has 1 fully saturated rings. The molecule has 0 radical (unpaired) electrons. The highest BCUT2D eigenvalue weighted by atomic mass is 32.1. The lowest BCUT2D eigenvalue weighted by Crippen LogP contribution is -2.49. The number of benzene rings is 2. The fraction of sp³-hybridized carbons (Fsp3) is 0.414. The average molecular weight is 554 g/mol. The molecule has 1 saturated heterocycles. The van der Waals surface area contributed by atoms with Gasteiger partial charge in [-0.2, -0.15) is 0 Å². The number of hydrogen-bond acceptors (Lipinski definition) is 10. The van der Waals surface area contributed by atoms with Crippen molar-refractivity contribution in [2.24, 2.45) is 0 Å². The van der Waals surface area contributed by atoms with E-state index in [1.165, 1.54) is 0 Å². The van der Waals surface area contributed by atoms with Crippen molar-refractivity contribution in [2.45, 2.75) is 12.5 Å². The Labute approximate surface area is 232 Å². The van der Waals surface area contributed by atoms with Crippen molar-refractivity contribution in [1.29, 1.82) is 0 Å². The van der Waals surface area contributed by atoms with Crippen molar-refractivity contribution in [2.75, 3.05) is 67.2 Å². The van der Waals surface area contributed by atoms with Gasteiger partial charge in [-0.1, -0.05) is 5.16 Å². The van der Waals surface area contributed by atoms with Gasteiger partial charge >= 0.3 is 0 Å². The van der Waals surface area contributed by atoms with Crippen molar-refractivity contribution in [1.82, 2.24) is 15.0 Å². The van der Waals surface area contributed by atoms with Crippen LogP contribution in [0.3, 0.4) is 0 Å². The predicted octanol–water partition coefficient (Wildman–Crippen LogP) is 4.18. The highest BCUT2D eigenvalue weighted by molar-refractivity contribution is 7.17. The van der Waals surface area contributed by atoms with Gasteiger partial charge in [-0.05, 0) is 59.8 Å². The van der Waals surface area contributed by atoms with Crippen LogP contribution in [-0.4, -0.2) is 93.4 Å². The molecule has 0 aliphatic carbocycles. The largest absolute Gasteiger partial charge is 0.493 e. The predicted molar refractivity (Wildman–Crippen MR) is 152 cm³/mol. The van der Waals surface area contributed by atoms with E-state index >= 15 is 0 Å². The Morgan fingerprint density at radius 1 is 0.949 bits per heavy atom. The SMILES string of the molecule is COc1cc(CCN2CCN(CC(O)COc3ccc(-c4noc5ccsc45)cc3)CC2)cc(OC)c1OC. The van der Waals surface area contributed by atoms with Gasteiger partial charge in [0.25, 0.3) is 0 Å². The Morgan fingerprint density at radius 3 is 2.31 bits per heavy atom. The van der Waals surface area contributed by atoms with Gasteiger partial charge in [-0.3, -0.25) is 4.90 Å². The number of fused-ring (bicyclic) bond motifs is 1. The van der Waals surface area contributed by atoms with Gasteiger partial charge in [0.1, 0.15) is 28.9 Å². The molecule has 0 amide bonds. The lowest BCUT2D eigenvalue weighted by Gasteiger charge is -2.35. The van der Waals surface area contributed by atoms with Crippen LogP contribution in [0.2, 0.25) is 0 Å². The number of nitrogens with zero attached hydrogens (tertiary/aromatic N) is 3. The Balaban J connectivity index is 1.04. The number of rotatable bonds is 12. The molecule has 1 aliphatic heterocycles. The quantitative estimate of drug-likeness (QED) is 0.277. The van der Waals surface area contributed by atoms with Crippen molar-refractivity contribution in [3.63, 3.8) is 0 Å². The minimum atomic E-state index is -0.559. The molecule has 1 atom stereocenters. The topological polar surface area (TPSA) is 89.7 Å². The Hall–Kier alpha value is -3.31. The first kappa shape index (κ1) is 27.3. The Kier molecular flexibility index (Phi) is 8.88. The first-order valence-electron chi connectivity index (χ1n) is 13.1. The summed E-state index contributed by atoms with van der Waals surface area (Å²) >= 11 is 1.61. The van der Waals surface area contributed by atoms with E-state index in [0.717, 1.165) is 72.0 Å². The van der Waals surface area contributed by atoms with E-state index in [-0.39, 0.29) is 6.61 Å². The molecular weight excluding hydrogens is 518 g/mol. The molecule has 1 aliphatic rings. The first-order valence-corrected chi connectivity index (χ1v) is 13.9. The summed E-state index contributed by atoms with van der Waals surface area (Å²) in [7, 11) is 4.89. The standard InChI is InChI=1S/C29H35N3O6S/c1-34-25-16-20(17-26(35-2)28(25)36-3)8-10-31-11-13-32(14-12-31)18-22(33)19-37-23-6-4-21(5-7-23)27-29-24(38-30-27)9-15-39-29/h4-7,9,15-17,22,33H,8,10-14,18-19H2,1-3H3. The van der Waals surface area contributed by atoms with E-state index in [1.54, 1.807) is 32.7 Å². The zero-order valence-electron chi connectivity index (χ0n) is 22.6. The van der Waals surface area contributed by atoms with Crippen LogP contribution in [-0.2, 0) is 6.42 Å². The van der Waals surface area contributed by atoms with Crippen LogP contribution in [0.15, 0.2) is 52.4 Å². The molecule has 9 nitrogen and oxygen atoms in total. The molecule has 1 N–H and O–H groups in total. The summed E-state index contributed by atoms with van der Waals surface area (Å²) in [5.41, 5.74) is 3.77. The summed E-state index contributed by atoms with van der Waals surface area (Å²) in [6, 6.07) is 13.7. The number of ether oxygens (including phenoxy) is 4. The molecule has 208 valence electrons. The number of methoxy groups -OCH3 is 3. The minimum absolute atomic E-state index is 0.250. The second kappa shape index (κ2) is 12.7. The zero-order valence-corrected chi connectivity index (χ0v) is 23.4. The monoisotopic (exact) mass is 553 g/mol. The van der Waals surface area contributed by atoms with Crippen molar-refractivity contribution < 1.29 is 28.6 Å². The molecule has 1 unspecified atom stereocenters. The number of aliphatic hydroxyl groups is 1. The maximum Gasteiger partial charge on any atom is 0.203 e. The Bertz CT molecular complexity index is 1320. The van der Waals surface area contributed by atoms with Gasteiger partial charge < -0.3 is 33.5 Å². The second-order valence-electron chi connectivity index (χ2n) is 9.56. The van der Waals surface area contributed by atoms with Crippen molar-refractivity contribution >= 4 is 21.6 Å². The minimum Gasteiger partial charge on any atom is -0.493 e. The lowest BCUT2D eigenvalue weighted by molar-refractivity contribution is 0.0463. The summed E-state index contributed by atoms with van der Waals surface area (Å²) < 4.78 is 28.6. The number of aliphatic hydroxyl groups excluding tert-OH is 1. The van der Waals surface area contributed by atoms with Crippen LogP contribution >= 0.6 is 11.3 Å². The van der Waals surface area contributed by atoms with Crippen LogP contribution in [0.4, 0.5) is 0 Å². The number of aromatic nitrogens is 1. The highest BCUT2D eigenvalue weighted by Crippen LogP contribution is 2.38. The molecule has 2 aromatic heterocycles. The second-order valence-corrected chi connectivity index (χ2v) is 10.5. The Morgan fingerprint density at radius 2 is 1.64 bits per heavy atom. The molecule has 0 bridgehead atoms. The summed E-state index contributed by atoms with van der Waals surface area (Å²) in [6.07, 6.45) is 0.331. The van der Waals surface area contributed by atoms with Gasteiger partial charge in [-0.25, -0.2) is 0 Å². The van der Waals surface area contributed by atoms with E-state index in [9.17, 15) is 5.11 Å². The van der Waals surface area contributed by atoms with Gasteiger partial charge in [-0.15, -0.1) is 11.3 Å². The lowest BCUT2D eigenvalue weighted by atomic mass is 10.1. The zero-order chi connectivity index (χ0) is 27.2. The summed E-state index contributed by atoms with van der Waals surface area (Å²) in [6.45, 7) is 5.53. The van der Waals surface area contributed by atoms with Crippen LogP contribution in [0.1, 0.15) is 5.56 Å². The summed E-state index contributed by atoms with van der Waals surface area (Å²) in [5, 5.41) is 16.8. The van der Waals surface area contributed by atoms with Gasteiger partial charge in [0, 0.05) is 44.8 Å². The fourth-order valence-corrected chi connectivity index (χ4v) is 5.69. The number of thiophene rings is 1. The van der Waals surface area contributed by atoms with E-state index in [1.807, 2.05) is 47.8 Å². The number of hydrogen-bond donors (Lipinski definition) is 1. The molecule has 4 aromatic rings. The number of β-amino-alcohol motifs (C(OH)–C–C–N with tert-alkyl or cyclic N) is 1. The van der Waals surface area contributed by atoms with Crippen LogP contribution < -0.4 is 18.9 Å². The van der Waals surface area contributed by atoms with Crippen LogP contribution in [0.5, 0.6) is 23.0 Å². The van der Waals surface area contributed by atoms with Crippen molar-refractivity contribution in [3.05, 3.63) is 53.4 Å². The fourth-order valence-electron chi connectivity index (χ4n) is 4.88. The summed E-state index contributed by atoms with van der Waals surface area (Å²) in [5.74, 6) is 2.70.